The van der Waals surface area contributed by atoms with Gasteiger partial charge in [0.2, 0.25) is 0 Å². The Bertz CT molecular complexity index is 985. The number of nitrogens with zero attached hydrogens (tertiary/aromatic N) is 1. The molecule has 1 aliphatic heterocycles. The Labute approximate surface area is 156 Å². The number of rotatable bonds is 3. The number of carboxylic acid groups (broad SMARTS) is 1. The van der Waals surface area contributed by atoms with Crippen molar-refractivity contribution in [1.29, 1.82) is 0 Å². The van der Waals surface area contributed by atoms with Crippen molar-refractivity contribution >= 4 is 51.9 Å². The minimum Gasteiger partial charge on any atom is -0.872 e. The number of phenols is 2. The average Bonchev–Trinajstić information content (AvgIpc) is 2.85. The van der Waals surface area contributed by atoms with Crippen molar-refractivity contribution in [2.24, 2.45) is 0 Å². The van der Waals surface area contributed by atoms with Crippen molar-refractivity contribution in [1.82, 2.24) is 0 Å². The summed E-state index contributed by atoms with van der Waals surface area (Å²) in [5.41, 5.74) is 0.201. The molecule has 3 rings (SSSR count). The van der Waals surface area contributed by atoms with E-state index in [-0.39, 0.29) is 26.4 Å². The van der Waals surface area contributed by atoms with Crippen LogP contribution in [0.3, 0.4) is 0 Å². The van der Waals surface area contributed by atoms with Crippen molar-refractivity contribution < 1.29 is 30.0 Å². The fourth-order valence-corrected chi connectivity index (χ4v) is 3.60. The normalized spacial score (nSPS) is 15.7. The fourth-order valence-electron chi connectivity index (χ4n) is 2.30. The van der Waals surface area contributed by atoms with Crippen LogP contribution >= 0.6 is 24.0 Å². The van der Waals surface area contributed by atoms with Gasteiger partial charge in [-0.05, 0) is 35.9 Å². The van der Waals surface area contributed by atoms with Crippen LogP contribution in [0.4, 0.5) is 5.69 Å². The summed E-state index contributed by atoms with van der Waals surface area (Å²) in [6.45, 7) is 0. The first-order valence-corrected chi connectivity index (χ1v) is 8.34. The maximum absolute atomic E-state index is 12.7. The molecule has 0 aliphatic carbocycles. The molecular weight excluding hydrogens is 378 g/mol. The first kappa shape index (κ1) is 17.8. The lowest BCUT2D eigenvalue weighted by Crippen LogP contribution is -2.27. The first-order chi connectivity index (χ1) is 12.3. The Hall–Kier alpha value is -3.04. The van der Waals surface area contributed by atoms with Crippen molar-refractivity contribution in [3.05, 3.63) is 52.4 Å². The summed E-state index contributed by atoms with van der Waals surface area (Å²) >= 11 is 6.19. The molecule has 0 saturated carbocycles. The number of carbonyl (C=O) groups excluding carboxylic acids is 1. The second kappa shape index (κ2) is 6.70. The number of benzene rings is 2. The van der Waals surface area contributed by atoms with Gasteiger partial charge in [0.05, 0.1) is 16.2 Å². The second-order valence-electron chi connectivity index (χ2n) is 5.25. The van der Waals surface area contributed by atoms with E-state index in [4.69, 9.17) is 17.3 Å². The molecule has 1 amide bonds. The molecule has 1 fully saturated rings. The largest absolute Gasteiger partial charge is 0.872 e. The molecule has 0 atom stereocenters. The van der Waals surface area contributed by atoms with Gasteiger partial charge >= 0.3 is 5.97 Å². The van der Waals surface area contributed by atoms with Crippen LogP contribution in [0.1, 0.15) is 15.9 Å². The lowest BCUT2D eigenvalue weighted by Gasteiger charge is -2.18. The zero-order valence-electron chi connectivity index (χ0n) is 12.9. The maximum Gasteiger partial charge on any atom is 0.335 e. The van der Waals surface area contributed by atoms with Crippen molar-refractivity contribution in [3.63, 3.8) is 0 Å². The zero-order valence-corrected chi connectivity index (χ0v) is 14.5. The third kappa shape index (κ3) is 3.22. The molecule has 9 heteroatoms. The summed E-state index contributed by atoms with van der Waals surface area (Å²) < 4.78 is 0.180. The van der Waals surface area contributed by atoms with Gasteiger partial charge in [-0.2, -0.15) is 0 Å². The number of hydrogen-bond donors (Lipinski definition) is 3. The Morgan fingerprint density at radius 1 is 1.15 bits per heavy atom. The average molecular weight is 388 g/mol. The molecule has 7 nitrogen and oxygen atoms in total. The van der Waals surface area contributed by atoms with E-state index in [2.05, 4.69) is 0 Å². The highest BCUT2D eigenvalue weighted by Gasteiger charge is 2.33. The van der Waals surface area contributed by atoms with Gasteiger partial charge in [-0.15, -0.1) is 0 Å². The van der Waals surface area contributed by atoms with Crippen LogP contribution in [-0.2, 0) is 4.79 Å². The van der Waals surface area contributed by atoms with Crippen LogP contribution in [0.15, 0.2) is 41.3 Å². The Kier molecular flexibility index (Phi) is 4.58. The Balaban J connectivity index is 1.97. The van der Waals surface area contributed by atoms with E-state index in [0.717, 1.165) is 28.8 Å². The van der Waals surface area contributed by atoms with Crippen LogP contribution in [-0.4, -0.2) is 31.5 Å². The number of anilines is 1. The minimum atomic E-state index is -1.39. The summed E-state index contributed by atoms with van der Waals surface area (Å²) in [4.78, 5) is 25.2. The predicted molar refractivity (Wildman–Crippen MR) is 98.3 cm³/mol. The van der Waals surface area contributed by atoms with E-state index in [9.17, 15) is 24.9 Å². The Morgan fingerprint density at radius 3 is 2.54 bits per heavy atom. The molecule has 0 spiro atoms. The lowest BCUT2D eigenvalue weighted by molar-refractivity contribution is -0.268. The molecule has 132 valence electrons. The summed E-state index contributed by atoms with van der Waals surface area (Å²) in [6.07, 6.45) is 1.48. The van der Waals surface area contributed by atoms with Gasteiger partial charge in [0, 0.05) is 0 Å². The van der Waals surface area contributed by atoms with E-state index in [0.29, 0.717) is 5.56 Å². The number of aromatic carboxylic acids is 1. The molecule has 2 aromatic carbocycles. The molecule has 0 bridgehead atoms. The number of thiocarbonyl (C=S) groups is 1. The number of carboxylic acids is 1. The van der Waals surface area contributed by atoms with Crippen LogP contribution in [0.25, 0.3) is 6.08 Å². The third-order valence-corrected chi connectivity index (χ3v) is 4.84. The van der Waals surface area contributed by atoms with E-state index < -0.39 is 23.2 Å². The van der Waals surface area contributed by atoms with E-state index in [1.165, 1.54) is 30.3 Å². The summed E-state index contributed by atoms with van der Waals surface area (Å²) in [6, 6.07) is 7.58. The smallest absolute Gasteiger partial charge is 0.335 e. The van der Waals surface area contributed by atoms with Crippen molar-refractivity contribution in [2.75, 3.05) is 4.90 Å². The van der Waals surface area contributed by atoms with Crippen LogP contribution < -0.4 is 10.0 Å². The highest BCUT2D eigenvalue weighted by molar-refractivity contribution is 8.27. The molecule has 1 aliphatic rings. The molecule has 1 heterocycles. The number of thioether (sulfide) groups is 1. The van der Waals surface area contributed by atoms with Gasteiger partial charge in [0.25, 0.3) is 5.91 Å². The molecule has 0 radical (unpaired) electrons. The van der Waals surface area contributed by atoms with Crippen molar-refractivity contribution in [2.45, 2.75) is 0 Å². The summed E-state index contributed by atoms with van der Waals surface area (Å²) in [5.74, 6) is -3.15. The van der Waals surface area contributed by atoms with Gasteiger partial charge in [-0.25, -0.2) is 4.79 Å². The van der Waals surface area contributed by atoms with Gasteiger partial charge in [0.1, 0.15) is 0 Å². The molecule has 26 heavy (non-hydrogen) atoms. The van der Waals surface area contributed by atoms with E-state index in [1.807, 2.05) is 0 Å². The number of phenolic OH excluding ortho intramolecular Hbond substituents is 2. The van der Waals surface area contributed by atoms with Gasteiger partial charge < -0.3 is 20.4 Å². The predicted octanol–water partition coefficient (Wildman–Crippen LogP) is 2.28. The topological polar surface area (TPSA) is 121 Å². The van der Waals surface area contributed by atoms with Gasteiger partial charge in [0.15, 0.2) is 15.8 Å². The number of carbonyl (C=O) groups is 2. The van der Waals surface area contributed by atoms with E-state index in [1.54, 1.807) is 0 Å². The standard InChI is InChI=1S/C17H11NO6S2/c19-11-4-2-9(7-10(11)16(23)24)18-15(22)14(26-17(18)25)6-8-1-3-12(20)13(21)5-8/h1-7,19-21H,(H,23,24)/p-1/b14-6+. The lowest BCUT2D eigenvalue weighted by atomic mass is 10.1. The molecular formula is C17H10NO6S2-. The molecule has 0 unspecified atom stereocenters. The maximum atomic E-state index is 12.7. The molecule has 3 N–H and O–H groups in total. The minimum absolute atomic E-state index is 0.180. The fraction of sp³-hybridized carbons (Fsp3) is 0. The van der Waals surface area contributed by atoms with E-state index >= 15 is 0 Å². The summed E-state index contributed by atoms with van der Waals surface area (Å²) in [5, 5.41) is 39.5. The highest BCUT2D eigenvalue weighted by Crippen LogP contribution is 2.37. The number of amides is 1. The quantitative estimate of drug-likeness (QED) is 0.416. The third-order valence-electron chi connectivity index (χ3n) is 3.54. The molecule has 2 aromatic rings. The Morgan fingerprint density at radius 2 is 1.88 bits per heavy atom. The highest BCUT2D eigenvalue weighted by atomic mass is 32.2. The van der Waals surface area contributed by atoms with Crippen LogP contribution in [0.2, 0.25) is 0 Å². The SMILES string of the molecule is O=C(O)c1cc(N2C(=O)/C(=C\c3ccc(O)c(O)c3)SC2=S)ccc1[O-]. The second-order valence-corrected chi connectivity index (χ2v) is 6.93. The van der Waals surface area contributed by atoms with Crippen molar-refractivity contribution in [3.8, 4) is 17.2 Å². The first-order valence-electron chi connectivity index (χ1n) is 7.12. The van der Waals surface area contributed by atoms with Gasteiger partial charge in [-0.1, -0.05) is 41.9 Å². The zero-order chi connectivity index (χ0) is 19.0. The molecule has 0 aromatic heterocycles. The van der Waals surface area contributed by atoms with Crippen LogP contribution in [0.5, 0.6) is 17.2 Å². The number of aromatic hydroxyl groups is 2. The number of hydrogen-bond acceptors (Lipinski definition) is 7. The monoisotopic (exact) mass is 388 g/mol. The molecule has 1 saturated heterocycles. The summed E-state index contributed by atoms with van der Waals surface area (Å²) in [7, 11) is 0. The van der Waals surface area contributed by atoms with Crippen LogP contribution in [0, 0.1) is 0 Å². The van der Waals surface area contributed by atoms with Gasteiger partial charge in [-0.3, -0.25) is 9.69 Å².